The van der Waals surface area contributed by atoms with Crippen LogP contribution in [0.25, 0.3) is 0 Å². The highest BCUT2D eigenvalue weighted by molar-refractivity contribution is 14.1. The van der Waals surface area contributed by atoms with Gasteiger partial charge in [-0.25, -0.2) is 0 Å². The fourth-order valence-corrected chi connectivity index (χ4v) is 2.72. The first kappa shape index (κ1) is 15.3. The van der Waals surface area contributed by atoms with Crippen LogP contribution >= 0.6 is 38.5 Å². The summed E-state index contributed by atoms with van der Waals surface area (Å²) in [5, 5.41) is 2.90. The van der Waals surface area contributed by atoms with Crippen LogP contribution < -0.4 is 10.1 Å². The predicted octanol–water partition coefficient (Wildman–Crippen LogP) is 4.62. The molecule has 0 aliphatic carbocycles. The first-order valence-corrected chi connectivity index (χ1v) is 7.79. The second kappa shape index (κ2) is 6.58. The molecule has 0 unspecified atom stereocenters. The average Bonchev–Trinajstić information content (AvgIpc) is 2.41. The summed E-state index contributed by atoms with van der Waals surface area (Å²) in [5.41, 5.74) is 2.36. The number of anilines is 1. The first-order chi connectivity index (χ1) is 9.51. The number of benzene rings is 2. The fraction of sp³-hybridized carbons (Fsp3) is 0.133. The van der Waals surface area contributed by atoms with Gasteiger partial charge in [0.1, 0.15) is 5.75 Å². The van der Waals surface area contributed by atoms with E-state index in [-0.39, 0.29) is 5.91 Å². The molecule has 0 heterocycles. The zero-order valence-electron chi connectivity index (χ0n) is 11.0. The molecule has 0 saturated heterocycles. The summed E-state index contributed by atoms with van der Waals surface area (Å²) in [5.74, 6) is 0.494. The van der Waals surface area contributed by atoms with Crippen LogP contribution in [-0.4, -0.2) is 13.0 Å². The Morgan fingerprint density at radius 3 is 2.70 bits per heavy atom. The van der Waals surface area contributed by atoms with Crippen molar-refractivity contribution in [1.82, 2.24) is 0 Å². The van der Waals surface area contributed by atoms with Gasteiger partial charge in [0.25, 0.3) is 5.91 Å². The molecule has 0 spiro atoms. The number of ether oxygens (including phenoxy) is 1. The van der Waals surface area contributed by atoms with Gasteiger partial charge in [-0.15, -0.1) is 0 Å². The number of carbonyl (C=O) groups is 1. The molecule has 2 aromatic carbocycles. The van der Waals surface area contributed by atoms with Gasteiger partial charge < -0.3 is 10.1 Å². The molecule has 1 N–H and O–H groups in total. The Hall–Kier alpha value is -1.08. The largest absolute Gasteiger partial charge is 0.495 e. The zero-order chi connectivity index (χ0) is 14.7. The van der Waals surface area contributed by atoms with Gasteiger partial charge in [-0.05, 0) is 65.4 Å². The van der Waals surface area contributed by atoms with Crippen LogP contribution in [0, 0.1) is 10.5 Å². The topological polar surface area (TPSA) is 38.3 Å². The summed E-state index contributed by atoms with van der Waals surface area (Å²) in [4.78, 5) is 12.4. The van der Waals surface area contributed by atoms with Crippen molar-refractivity contribution >= 4 is 50.1 Å². The van der Waals surface area contributed by atoms with Crippen molar-refractivity contribution in [2.24, 2.45) is 0 Å². The SMILES string of the molecule is COc1ccc(C)cc1NC(=O)c1cc(Br)ccc1I. The van der Waals surface area contributed by atoms with Gasteiger partial charge in [0.15, 0.2) is 0 Å². The highest BCUT2D eigenvalue weighted by Gasteiger charge is 2.13. The summed E-state index contributed by atoms with van der Waals surface area (Å²) in [7, 11) is 1.59. The maximum absolute atomic E-state index is 12.4. The van der Waals surface area contributed by atoms with E-state index in [1.807, 2.05) is 37.3 Å². The first-order valence-electron chi connectivity index (χ1n) is 5.92. The number of rotatable bonds is 3. The average molecular weight is 446 g/mol. The number of amides is 1. The molecule has 2 aromatic rings. The molecule has 3 nitrogen and oxygen atoms in total. The van der Waals surface area contributed by atoms with Crippen LogP contribution in [0.2, 0.25) is 0 Å². The molecule has 0 saturated carbocycles. The Kier molecular flexibility index (Phi) is 5.04. The fourth-order valence-electron chi connectivity index (χ4n) is 1.78. The molecule has 0 atom stereocenters. The lowest BCUT2D eigenvalue weighted by Gasteiger charge is -2.12. The minimum absolute atomic E-state index is 0.153. The number of nitrogens with one attached hydrogen (secondary N) is 1. The van der Waals surface area contributed by atoms with Gasteiger partial charge in [0.2, 0.25) is 0 Å². The molecule has 0 aliphatic heterocycles. The van der Waals surface area contributed by atoms with Gasteiger partial charge in [-0.3, -0.25) is 4.79 Å². The molecule has 5 heteroatoms. The Balaban J connectivity index is 2.32. The Morgan fingerprint density at radius 2 is 2.00 bits per heavy atom. The second-order valence-corrected chi connectivity index (χ2v) is 6.36. The number of hydrogen-bond acceptors (Lipinski definition) is 2. The van der Waals surface area contributed by atoms with E-state index in [1.165, 1.54) is 0 Å². The molecule has 0 radical (unpaired) electrons. The molecule has 1 amide bonds. The number of methoxy groups -OCH3 is 1. The molecular weight excluding hydrogens is 433 g/mol. The van der Waals surface area contributed by atoms with Crippen LogP contribution in [0.5, 0.6) is 5.75 Å². The van der Waals surface area contributed by atoms with Crippen LogP contribution in [0.4, 0.5) is 5.69 Å². The minimum Gasteiger partial charge on any atom is -0.495 e. The molecule has 0 aliphatic rings. The summed E-state index contributed by atoms with van der Waals surface area (Å²) in [6, 6.07) is 11.3. The van der Waals surface area contributed by atoms with E-state index >= 15 is 0 Å². The third-order valence-electron chi connectivity index (χ3n) is 2.78. The third kappa shape index (κ3) is 3.52. The lowest BCUT2D eigenvalue weighted by molar-refractivity contribution is 0.102. The van der Waals surface area contributed by atoms with E-state index in [0.29, 0.717) is 17.0 Å². The summed E-state index contributed by atoms with van der Waals surface area (Å²) in [6.07, 6.45) is 0. The Morgan fingerprint density at radius 1 is 1.25 bits per heavy atom. The maximum atomic E-state index is 12.4. The summed E-state index contributed by atoms with van der Waals surface area (Å²) in [6.45, 7) is 1.97. The van der Waals surface area contributed by atoms with Gasteiger partial charge in [-0.2, -0.15) is 0 Å². The van der Waals surface area contributed by atoms with E-state index in [0.717, 1.165) is 13.6 Å². The highest BCUT2D eigenvalue weighted by Crippen LogP contribution is 2.27. The van der Waals surface area contributed by atoms with Crippen LogP contribution in [0.15, 0.2) is 40.9 Å². The molecule has 104 valence electrons. The number of halogens is 2. The van der Waals surface area contributed by atoms with Crippen LogP contribution in [0.3, 0.4) is 0 Å². The molecule has 0 aromatic heterocycles. The van der Waals surface area contributed by atoms with Crippen LogP contribution in [0.1, 0.15) is 15.9 Å². The monoisotopic (exact) mass is 445 g/mol. The molecule has 2 rings (SSSR count). The minimum atomic E-state index is -0.153. The van der Waals surface area contributed by atoms with E-state index < -0.39 is 0 Å². The van der Waals surface area contributed by atoms with Crippen molar-refractivity contribution in [1.29, 1.82) is 0 Å². The smallest absolute Gasteiger partial charge is 0.256 e. The zero-order valence-corrected chi connectivity index (χ0v) is 14.8. The lowest BCUT2D eigenvalue weighted by atomic mass is 10.1. The van der Waals surface area contributed by atoms with E-state index in [1.54, 1.807) is 13.2 Å². The van der Waals surface area contributed by atoms with Crippen molar-refractivity contribution < 1.29 is 9.53 Å². The van der Waals surface area contributed by atoms with E-state index in [4.69, 9.17) is 4.74 Å². The Bertz CT molecular complexity index is 658. The standard InChI is InChI=1S/C15H13BrINO2/c1-9-3-6-14(20-2)13(7-9)18-15(19)11-8-10(16)4-5-12(11)17/h3-8H,1-2H3,(H,18,19). The third-order valence-corrected chi connectivity index (χ3v) is 4.21. The Labute approximate surface area is 140 Å². The highest BCUT2D eigenvalue weighted by atomic mass is 127. The number of aryl methyl sites for hydroxylation is 1. The predicted molar refractivity (Wildman–Crippen MR) is 92.5 cm³/mol. The van der Waals surface area contributed by atoms with Crippen LogP contribution in [-0.2, 0) is 0 Å². The van der Waals surface area contributed by atoms with Crippen molar-refractivity contribution in [2.45, 2.75) is 6.92 Å². The van der Waals surface area contributed by atoms with Crippen molar-refractivity contribution in [3.63, 3.8) is 0 Å². The number of hydrogen-bond donors (Lipinski definition) is 1. The summed E-state index contributed by atoms with van der Waals surface area (Å²) >= 11 is 5.53. The lowest BCUT2D eigenvalue weighted by Crippen LogP contribution is -2.14. The van der Waals surface area contributed by atoms with Gasteiger partial charge >= 0.3 is 0 Å². The van der Waals surface area contributed by atoms with E-state index in [9.17, 15) is 4.79 Å². The molecule has 0 fully saturated rings. The van der Waals surface area contributed by atoms with Gasteiger partial charge in [0.05, 0.1) is 18.4 Å². The maximum Gasteiger partial charge on any atom is 0.256 e. The van der Waals surface area contributed by atoms with E-state index in [2.05, 4.69) is 43.8 Å². The quantitative estimate of drug-likeness (QED) is 0.700. The molecule has 0 bridgehead atoms. The van der Waals surface area contributed by atoms with Crippen molar-refractivity contribution in [2.75, 3.05) is 12.4 Å². The van der Waals surface area contributed by atoms with Crippen molar-refractivity contribution in [3.05, 3.63) is 55.6 Å². The summed E-state index contributed by atoms with van der Waals surface area (Å²) < 4.78 is 7.04. The van der Waals surface area contributed by atoms with Gasteiger partial charge in [-0.1, -0.05) is 22.0 Å². The molecular formula is C15H13BrINO2. The van der Waals surface area contributed by atoms with Crippen molar-refractivity contribution in [3.8, 4) is 5.75 Å². The normalized spacial score (nSPS) is 10.2. The number of carbonyl (C=O) groups excluding carboxylic acids is 1. The van der Waals surface area contributed by atoms with Gasteiger partial charge in [0, 0.05) is 8.04 Å². The molecule has 20 heavy (non-hydrogen) atoms. The second-order valence-electron chi connectivity index (χ2n) is 4.28.